The van der Waals surface area contributed by atoms with Crippen molar-refractivity contribution in [1.82, 2.24) is 10.6 Å². The lowest BCUT2D eigenvalue weighted by Crippen LogP contribution is -2.36. The van der Waals surface area contributed by atoms with E-state index in [1.807, 2.05) is 20.8 Å². The van der Waals surface area contributed by atoms with Crippen LogP contribution in [0.15, 0.2) is 0 Å². The molecular weight excluding hydrogens is 256 g/mol. The lowest BCUT2D eigenvalue weighted by atomic mass is 10.1. The number of methoxy groups -OCH3 is 1. The van der Waals surface area contributed by atoms with Crippen molar-refractivity contribution in [2.75, 3.05) is 26.8 Å². The van der Waals surface area contributed by atoms with Crippen molar-refractivity contribution in [3.63, 3.8) is 0 Å². The second-order valence-corrected chi connectivity index (χ2v) is 6.57. The molecule has 2 N–H and O–H groups in total. The predicted molar refractivity (Wildman–Crippen MR) is 79.9 cm³/mol. The number of alkyl carbamates (subject to hydrolysis) is 1. The maximum absolute atomic E-state index is 11.5. The molecule has 5 heteroatoms. The van der Waals surface area contributed by atoms with Gasteiger partial charge in [0.2, 0.25) is 0 Å². The predicted octanol–water partition coefficient (Wildman–Crippen LogP) is 2.31. The van der Waals surface area contributed by atoms with Gasteiger partial charge in [0, 0.05) is 19.7 Å². The highest BCUT2D eigenvalue weighted by Crippen LogP contribution is 2.27. The van der Waals surface area contributed by atoms with Gasteiger partial charge >= 0.3 is 6.09 Å². The largest absolute Gasteiger partial charge is 0.444 e. The van der Waals surface area contributed by atoms with E-state index < -0.39 is 5.60 Å². The van der Waals surface area contributed by atoms with Gasteiger partial charge in [-0.25, -0.2) is 4.79 Å². The fraction of sp³-hybridized carbons (Fsp3) is 0.933. The van der Waals surface area contributed by atoms with Crippen LogP contribution in [-0.4, -0.2) is 44.5 Å². The SMILES string of the molecule is COCC(CCCNC(=O)OC(C)(C)C)NCC1CC1. The normalized spacial score (nSPS) is 16.8. The molecule has 0 aromatic rings. The molecule has 1 aliphatic rings. The minimum absolute atomic E-state index is 0.341. The van der Waals surface area contributed by atoms with E-state index in [9.17, 15) is 4.79 Å². The second kappa shape index (κ2) is 8.47. The first-order valence-corrected chi connectivity index (χ1v) is 7.60. The highest BCUT2D eigenvalue weighted by atomic mass is 16.6. The number of rotatable bonds is 9. The van der Waals surface area contributed by atoms with E-state index in [4.69, 9.17) is 9.47 Å². The van der Waals surface area contributed by atoms with E-state index in [0.717, 1.165) is 31.9 Å². The topological polar surface area (TPSA) is 59.6 Å². The summed E-state index contributed by atoms with van der Waals surface area (Å²) in [6.45, 7) is 8.04. The summed E-state index contributed by atoms with van der Waals surface area (Å²) in [6, 6.07) is 0.376. The molecule has 1 unspecified atom stereocenters. The van der Waals surface area contributed by atoms with Crippen LogP contribution in [0.1, 0.15) is 46.5 Å². The van der Waals surface area contributed by atoms with Gasteiger partial charge in [0.05, 0.1) is 6.61 Å². The van der Waals surface area contributed by atoms with Gasteiger partial charge in [0.25, 0.3) is 0 Å². The average Bonchev–Trinajstić information content (AvgIpc) is 3.13. The third-order valence-electron chi connectivity index (χ3n) is 3.16. The van der Waals surface area contributed by atoms with Gasteiger partial charge in [-0.1, -0.05) is 0 Å². The maximum Gasteiger partial charge on any atom is 0.407 e. The Balaban J connectivity index is 2.08. The van der Waals surface area contributed by atoms with Gasteiger partial charge < -0.3 is 20.1 Å². The lowest BCUT2D eigenvalue weighted by Gasteiger charge is -2.20. The van der Waals surface area contributed by atoms with E-state index in [0.29, 0.717) is 12.6 Å². The van der Waals surface area contributed by atoms with Crippen LogP contribution < -0.4 is 10.6 Å². The zero-order valence-corrected chi connectivity index (χ0v) is 13.3. The van der Waals surface area contributed by atoms with E-state index in [-0.39, 0.29) is 6.09 Å². The molecule has 1 rings (SSSR count). The van der Waals surface area contributed by atoms with E-state index in [1.165, 1.54) is 12.8 Å². The number of hydrogen-bond acceptors (Lipinski definition) is 4. The molecule has 0 heterocycles. The summed E-state index contributed by atoms with van der Waals surface area (Å²) < 4.78 is 10.4. The Hall–Kier alpha value is -0.810. The van der Waals surface area contributed by atoms with Gasteiger partial charge in [-0.15, -0.1) is 0 Å². The third kappa shape index (κ3) is 9.15. The quantitative estimate of drug-likeness (QED) is 0.639. The molecular formula is C15H30N2O3. The highest BCUT2D eigenvalue weighted by molar-refractivity contribution is 5.67. The molecule has 0 aromatic carbocycles. The van der Waals surface area contributed by atoms with Crippen LogP contribution in [0.3, 0.4) is 0 Å². The summed E-state index contributed by atoms with van der Waals surface area (Å²) in [7, 11) is 1.73. The second-order valence-electron chi connectivity index (χ2n) is 6.57. The number of nitrogens with one attached hydrogen (secondary N) is 2. The van der Waals surface area contributed by atoms with Crippen LogP contribution >= 0.6 is 0 Å². The molecule has 20 heavy (non-hydrogen) atoms. The van der Waals surface area contributed by atoms with Crippen molar-refractivity contribution in [2.45, 2.75) is 58.1 Å². The summed E-state index contributed by atoms with van der Waals surface area (Å²) in [5, 5.41) is 6.32. The van der Waals surface area contributed by atoms with Gasteiger partial charge in [-0.2, -0.15) is 0 Å². The number of carbonyl (C=O) groups excluding carboxylic acids is 1. The van der Waals surface area contributed by atoms with Crippen LogP contribution in [0.2, 0.25) is 0 Å². The Morgan fingerprint density at radius 2 is 2.05 bits per heavy atom. The third-order valence-corrected chi connectivity index (χ3v) is 3.16. The minimum Gasteiger partial charge on any atom is -0.444 e. The zero-order valence-electron chi connectivity index (χ0n) is 13.3. The summed E-state index contributed by atoms with van der Waals surface area (Å²) in [4.78, 5) is 11.5. The smallest absolute Gasteiger partial charge is 0.407 e. The summed E-state index contributed by atoms with van der Waals surface area (Å²) in [5.74, 6) is 0.870. The van der Waals surface area contributed by atoms with Crippen molar-refractivity contribution < 1.29 is 14.3 Å². The number of amides is 1. The molecule has 0 aliphatic heterocycles. The van der Waals surface area contributed by atoms with Crippen LogP contribution in [-0.2, 0) is 9.47 Å². The first-order valence-electron chi connectivity index (χ1n) is 7.60. The maximum atomic E-state index is 11.5. The molecule has 1 atom stereocenters. The average molecular weight is 286 g/mol. The minimum atomic E-state index is -0.436. The van der Waals surface area contributed by atoms with E-state index in [1.54, 1.807) is 7.11 Å². The number of ether oxygens (including phenoxy) is 2. The molecule has 118 valence electrons. The van der Waals surface area contributed by atoms with Gasteiger partial charge in [0.1, 0.15) is 5.60 Å². The molecule has 1 fully saturated rings. The number of hydrogen-bond donors (Lipinski definition) is 2. The van der Waals surface area contributed by atoms with Crippen LogP contribution in [0.25, 0.3) is 0 Å². The summed E-state index contributed by atoms with van der Waals surface area (Å²) in [5.41, 5.74) is -0.436. The van der Waals surface area contributed by atoms with Crippen LogP contribution in [0.4, 0.5) is 4.79 Å². The molecule has 0 spiro atoms. The molecule has 5 nitrogen and oxygen atoms in total. The molecule has 0 radical (unpaired) electrons. The van der Waals surface area contributed by atoms with E-state index >= 15 is 0 Å². The number of carbonyl (C=O) groups is 1. The summed E-state index contributed by atoms with van der Waals surface area (Å²) in [6.07, 6.45) is 4.29. The van der Waals surface area contributed by atoms with Gasteiger partial charge in [-0.3, -0.25) is 0 Å². The van der Waals surface area contributed by atoms with Crippen molar-refractivity contribution in [3.8, 4) is 0 Å². The fourth-order valence-electron chi connectivity index (χ4n) is 1.95. The summed E-state index contributed by atoms with van der Waals surface area (Å²) >= 11 is 0. The highest BCUT2D eigenvalue weighted by Gasteiger charge is 2.22. The molecule has 1 amide bonds. The Labute approximate surface area is 122 Å². The zero-order chi connectivity index (χ0) is 15.0. The van der Waals surface area contributed by atoms with Crippen LogP contribution in [0.5, 0.6) is 0 Å². The van der Waals surface area contributed by atoms with Crippen LogP contribution in [0, 0.1) is 5.92 Å². The fourth-order valence-corrected chi connectivity index (χ4v) is 1.95. The standard InChI is InChI=1S/C15H30N2O3/c1-15(2,3)20-14(18)16-9-5-6-13(11-19-4)17-10-12-7-8-12/h12-13,17H,5-11H2,1-4H3,(H,16,18). The molecule has 1 saturated carbocycles. The molecule has 0 saturated heterocycles. The Morgan fingerprint density at radius 3 is 2.60 bits per heavy atom. The van der Waals surface area contributed by atoms with Gasteiger partial charge in [-0.05, 0) is 58.9 Å². The molecule has 0 aromatic heterocycles. The lowest BCUT2D eigenvalue weighted by molar-refractivity contribution is 0.0526. The van der Waals surface area contributed by atoms with E-state index in [2.05, 4.69) is 10.6 Å². The van der Waals surface area contributed by atoms with Crippen molar-refractivity contribution in [2.24, 2.45) is 5.92 Å². The Morgan fingerprint density at radius 1 is 1.35 bits per heavy atom. The Kier molecular flexibility index (Phi) is 7.30. The molecule has 1 aliphatic carbocycles. The van der Waals surface area contributed by atoms with Crippen molar-refractivity contribution >= 4 is 6.09 Å². The van der Waals surface area contributed by atoms with Crippen molar-refractivity contribution in [3.05, 3.63) is 0 Å². The molecule has 0 bridgehead atoms. The monoisotopic (exact) mass is 286 g/mol. The van der Waals surface area contributed by atoms with Gasteiger partial charge in [0.15, 0.2) is 0 Å². The van der Waals surface area contributed by atoms with Crippen molar-refractivity contribution in [1.29, 1.82) is 0 Å². The first kappa shape index (κ1) is 17.2. The Bertz CT molecular complexity index is 285. The first-order chi connectivity index (χ1) is 9.40.